The standard InChI is InChI=1S/C18H39N2/c1-2-3-4-5-6-7-8-9-10-11-12-13-14-15-18(20)16-17-19/h15,18H,2-14,16-17,19-20H2,1H3. The highest BCUT2D eigenvalue weighted by Crippen LogP contribution is 2.13. The monoisotopic (exact) mass is 283 g/mol. The number of hydrogen-bond donors (Lipinski definition) is 2. The number of unbranched alkanes of at least 4 members (excludes halogenated alkanes) is 12. The summed E-state index contributed by atoms with van der Waals surface area (Å²) in [4.78, 5) is 0. The van der Waals surface area contributed by atoms with Gasteiger partial charge in [0.1, 0.15) is 0 Å². The third-order valence-electron chi connectivity index (χ3n) is 4.03. The Morgan fingerprint density at radius 3 is 1.65 bits per heavy atom. The second-order valence-electron chi connectivity index (χ2n) is 6.15. The van der Waals surface area contributed by atoms with Crippen molar-refractivity contribution in [1.82, 2.24) is 0 Å². The molecule has 1 atom stereocenters. The van der Waals surface area contributed by atoms with Gasteiger partial charge < -0.3 is 11.5 Å². The van der Waals surface area contributed by atoms with Gasteiger partial charge in [-0.1, -0.05) is 84.0 Å². The minimum absolute atomic E-state index is 0.215. The number of nitrogens with two attached hydrogens (primary N) is 2. The van der Waals surface area contributed by atoms with Crippen LogP contribution in [0.15, 0.2) is 0 Å². The third-order valence-corrected chi connectivity index (χ3v) is 4.03. The van der Waals surface area contributed by atoms with Crippen LogP contribution in [0.1, 0.15) is 96.8 Å². The SMILES string of the molecule is CCCCCCCCCCCCCC[CH]C(N)CCN. The van der Waals surface area contributed by atoms with Gasteiger partial charge in [-0.05, 0) is 25.8 Å². The Hall–Kier alpha value is -0.0800. The fraction of sp³-hybridized carbons (Fsp3) is 0.944. The predicted molar refractivity (Wildman–Crippen MR) is 91.6 cm³/mol. The second kappa shape index (κ2) is 17.0. The Morgan fingerprint density at radius 1 is 0.750 bits per heavy atom. The maximum atomic E-state index is 5.89. The maximum absolute atomic E-state index is 5.89. The highest BCUT2D eigenvalue weighted by molar-refractivity contribution is 4.79. The Labute approximate surface area is 128 Å². The zero-order valence-corrected chi connectivity index (χ0v) is 13.9. The van der Waals surface area contributed by atoms with E-state index in [0.717, 1.165) is 6.42 Å². The average Bonchev–Trinajstić information content (AvgIpc) is 2.44. The molecular formula is C18H39N2. The van der Waals surface area contributed by atoms with Gasteiger partial charge in [0.15, 0.2) is 0 Å². The normalized spacial score (nSPS) is 12.8. The van der Waals surface area contributed by atoms with Crippen LogP contribution in [0.2, 0.25) is 0 Å². The van der Waals surface area contributed by atoms with Gasteiger partial charge in [0.25, 0.3) is 0 Å². The quantitative estimate of drug-likeness (QED) is 0.393. The molecule has 0 aromatic heterocycles. The Kier molecular flexibility index (Phi) is 16.9. The first kappa shape index (κ1) is 19.9. The van der Waals surface area contributed by atoms with Crippen molar-refractivity contribution in [2.75, 3.05) is 6.54 Å². The molecule has 0 saturated heterocycles. The summed E-state index contributed by atoms with van der Waals surface area (Å²) < 4.78 is 0. The first-order valence-corrected chi connectivity index (χ1v) is 9.10. The summed E-state index contributed by atoms with van der Waals surface area (Å²) in [6.45, 7) is 2.99. The smallest absolute Gasteiger partial charge is 0.00823 e. The lowest BCUT2D eigenvalue weighted by Crippen LogP contribution is -2.23. The molecule has 0 heterocycles. The Morgan fingerprint density at radius 2 is 1.20 bits per heavy atom. The minimum Gasteiger partial charge on any atom is -0.330 e. The van der Waals surface area contributed by atoms with Gasteiger partial charge in [-0.15, -0.1) is 0 Å². The highest BCUT2D eigenvalue weighted by atomic mass is 14.6. The maximum Gasteiger partial charge on any atom is 0.00823 e. The zero-order valence-electron chi connectivity index (χ0n) is 13.9. The molecule has 0 aromatic carbocycles. The molecule has 1 unspecified atom stereocenters. The van der Waals surface area contributed by atoms with E-state index in [0.29, 0.717) is 6.54 Å². The van der Waals surface area contributed by atoms with Gasteiger partial charge >= 0.3 is 0 Å². The second-order valence-corrected chi connectivity index (χ2v) is 6.15. The summed E-state index contributed by atoms with van der Waals surface area (Å²) in [5.41, 5.74) is 11.4. The molecule has 0 aliphatic carbocycles. The first-order chi connectivity index (χ1) is 9.81. The Bertz CT molecular complexity index is 171. The molecule has 0 amide bonds. The van der Waals surface area contributed by atoms with E-state index >= 15 is 0 Å². The molecule has 2 nitrogen and oxygen atoms in total. The van der Waals surface area contributed by atoms with Gasteiger partial charge in [-0.3, -0.25) is 0 Å². The first-order valence-electron chi connectivity index (χ1n) is 9.10. The van der Waals surface area contributed by atoms with Gasteiger partial charge in [0, 0.05) is 6.04 Å². The van der Waals surface area contributed by atoms with Crippen molar-refractivity contribution in [3.8, 4) is 0 Å². The van der Waals surface area contributed by atoms with Crippen LogP contribution in [0.4, 0.5) is 0 Å². The van der Waals surface area contributed by atoms with Crippen LogP contribution in [0.5, 0.6) is 0 Å². The fourth-order valence-corrected chi connectivity index (χ4v) is 2.63. The number of hydrogen-bond acceptors (Lipinski definition) is 2. The van der Waals surface area contributed by atoms with E-state index in [1.54, 1.807) is 0 Å². The van der Waals surface area contributed by atoms with Crippen molar-refractivity contribution < 1.29 is 0 Å². The van der Waals surface area contributed by atoms with Gasteiger partial charge in [0.05, 0.1) is 0 Å². The molecule has 0 bridgehead atoms. The van der Waals surface area contributed by atoms with E-state index in [1.807, 2.05) is 0 Å². The van der Waals surface area contributed by atoms with Crippen molar-refractivity contribution >= 4 is 0 Å². The molecular weight excluding hydrogens is 244 g/mol. The van der Waals surface area contributed by atoms with Crippen LogP contribution in [0.25, 0.3) is 0 Å². The summed E-state index contributed by atoms with van der Waals surface area (Å²) >= 11 is 0. The van der Waals surface area contributed by atoms with E-state index in [1.165, 1.54) is 83.5 Å². The molecule has 0 aliphatic heterocycles. The topological polar surface area (TPSA) is 52.0 Å². The van der Waals surface area contributed by atoms with Gasteiger partial charge in [-0.2, -0.15) is 0 Å². The summed E-state index contributed by atoms with van der Waals surface area (Å²) in [6.07, 6.45) is 21.3. The molecule has 2 heteroatoms. The van der Waals surface area contributed by atoms with Gasteiger partial charge in [-0.25, -0.2) is 0 Å². The molecule has 0 aliphatic rings. The van der Waals surface area contributed by atoms with Crippen molar-refractivity contribution in [1.29, 1.82) is 0 Å². The minimum atomic E-state index is 0.215. The highest BCUT2D eigenvalue weighted by Gasteiger charge is 2.00. The molecule has 0 rings (SSSR count). The van der Waals surface area contributed by atoms with Gasteiger partial charge in [0.2, 0.25) is 0 Å². The molecule has 0 saturated carbocycles. The fourth-order valence-electron chi connectivity index (χ4n) is 2.63. The molecule has 121 valence electrons. The van der Waals surface area contributed by atoms with E-state index < -0.39 is 0 Å². The molecule has 1 radical (unpaired) electrons. The third kappa shape index (κ3) is 16.0. The summed E-state index contributed by atoms with van der Waals surface area (Å²) in [7, 11) is 0. The molecule has 4 N–H and O–H groups in total. The van der Waals surface area contributed by atoms with E-state index in [2.05, 4.69) is 13.3 Å². The largest absolute Gasteiger partial charge is 0.330 e. The van der Waals surface area contributed by atoms with Crippen LogP contribution in [-0.4, -0.2) is 12.6 Å². The lowest BCUT2D eigenvalue weighted by atomic mass is 10.0. The number of rotatable bonds is 16. The lowest BCUT2D eigenvalue weighted by molar-refractivity contribution is 0.539. The van der Waals surface area contributed by atoms with Crippen LogP contribution in [0.3, 0.4) is 0 Å². The van der Waals surface area contributed by atoms with Crippen LogP contribution < -0.4 is 11.5 Å². The molecule has 0 spiro atoms. The van der Waals surface area contributed by atoms with E-state index in [9.17, 15) is 0 Å². The van der Waals surface area contributed by atoms with Crippen LogP contribution >= 0.6 is 0 Å². The van der Waals surface area contributed by atoms with Crippen molar-refractivity contribution in [2.45, 2.75) is 103 Å². The van der Waals surface area contributed by atoms with E-state index in [4.69, 9.17) is 11.5 Å². The molecule has 0 aromatic rings. The zero-order chi connectivity index (χ0) is 14.9. The van der Waals surface area contributed by atoms with Crippen molar-refractivity contribution in [3.05, 3.63) is 6.42 Å². The summed E-state index contributed by atoms with van der Waals surface area (Å²) in [5.74, 6) is 0. The Balaban J connectivity index is 2.99. The van der Waals surface area contributed by atoms with Crippen LogP contribution in [-0.2, 0) is 0 Å². The summed E-state index contributed by atoms with van der Waals surface area (Å²) in [6, 6.07) is 0.215. The van der Waals surface area contributed by atoms with Crippen molar-refractivity contribution in [3.63, 3.8) is 0 Å². The summed E-state index contributed by atoms with van der Waals surface area (Å²) in [5, 5.41) is 0. The molecule has 20 heavy (non-hydrogen) atoms. The van der Waals surface area contributed by atoms with E-state index in [-0.39, 0.29) is 6.04 Å². The average molecular weight is 284 g/mol. The molecule has 0 fully saturated rings. The van der Waals surface area contributed by atoms with Crippen molar-refractivity contribution in [2.24, 2.45) is 11.5 Å². The predicted octanol–water partition coefficient (Wildman–Crippen LogP) is 4.96. The lowest BCUT2D eigenvalue weighted by Gasteiger charge is -2.08. The van der Waals surface area contributed by atoms with Crippen LogP contribution in [0, 0.1) is 6.42 Å².